The van der Waals surface area contributed by atoms with Gasteiger partial charge in [0.05, 0.1) is 5.69 Å². The second kappa shape index (κ2) is 5.68. The zero-order valence-electron chi connectivity index (χ0n) is 12.3. The van der Waals surface area contributed by atoms with E-state index in [0.717, 1.165) is 5.82 Å². The molecule has 6 nitrogen and oxygen atoms in total. The van der Waals surface area contributed by atoms with Crippen molar-refractivity contribution in [2.24, 2.45) is 0 Å². The van der Waals surface area contributed by atoms with Crippen molar-refractivity contribution in [2.75, 3.05) is 6.54 Å². The lowest BCUT2D eigenvalue weighted by Crippen LogP contribution is -2.38. The summed E-state index contributed by atoms with van der Waals surface area (Å²) < 4.78 is 0. The van der Waals surface area contributed by atoms with Crippen molar-refractivity contribution in [3.63, 3.8) is 0 Å². The van der Waals surface area contributed by atoms with Gasteiger partial charge in [0, 0.05) is 12.1 Å². The van der Waals surface area contributed by atoms with Gasteiger partial charge in [0.15, 0.2) is 5.82 Å². The predicted molar refractivity (Wildman–Crippen MR) is 77.1 cm³/mol. The standard InChI is InChI=1S/C14H21N5O/c1-9-16-13(19-18-9)11-7-5-6-10(17-11)12(20)8-15-14(2,3)4/h5-7,12,15,20H,8H2,1-4H3,(H,16,18,19)/t12-/m0/s1. The number of nitrogens with one attached hydrogen (secondary N) is 2. The number of H-pyrrole nitrogens is 1. The van der Waals surface area contributed by atoms with Crippen LogP contribution in [0.1, 0.15) is 38.4 Å². The van der Waals surface area contributed by atoms with Crippen molar-refractivity contribution < 1.29 is 5.11 Å². The number of aliphatic hydroxyl groups excluding tert-OH is 1. The maximum atomic E-state index is 10.2. The zero-order chi connectivity index (χ0) is 14.8. The minimum atomic E-state index is -0.658. The minimum absolute atomic E-state index is 0.0422. The molecule has 2 aromatic heterocycles. The fourth-order valence-electron chi connectivity index (χ4n) is 1.73. The molecule has 0 amide bonds. The molecule has 0 aliphatic carbocycles. The lowest BCUT2D eigenvalue weighted by atomic mass is 10.1. The number of hydrogen-bond donors (Lipinski definition) is 3. The fraction of sp³-hybridized carbons (Fsp3) is 0.500. The van der Waals surface area contributed by atoms with Crippen LogP contribution in [0.15, 0.2) is 18.2 Å². The van der Waals surface area contributed by atoms with Crippen LogP contribution in [-0.4, -0.2) is 37.4 Å². The third-order valence-corrected chi connectivity index (χ3v) is 2.76. The molecular formula is C14H21N5O. The maximum Gasteiger partial charge on any atom is 0.199 e. The second-order valence-corrected chi connectivity index (χ2v) is 5.84. The lowest BCUT2D eigenvalue weighted by Gasteiger charge is -2.22. The lowest BCUT2D eigenvalue weighted by molar-refractivity contribution is 0.159. The average Bonchev–Trinajstić information content (AvgIpc) is 2.82. The van der Waals surface area contributed by atoms with Gasteiger partial charge in [-0.3, -0.25) is 5.10 Å². The number of β-amino-alcohol motifs (C(OH)–C–C–N with tert-alkyl or cyclic N) is 1. The molecule has 0 aromatic carbocycles. The van der Waals surface area contributed by atoms with Crippen LogP contribution in [0.5, 0.6) is 0 Å². The molecule has 0 bridgehead atoms. The van der Waals surface area contributed by atoms with E-state index in [4.69, 9.17) is 0 Å². The van der Waals surface area contributed by atoms with Crippen molar-refractivity contribution in [1.82, 2.24) is 25.5 Å². The Labute approximate surface area is 118 Å². The Kier molecular flexibility index (Phi) is 4.15. The summed E-state index contributed by atoms with van der Waals surface area (Å²) in [7, 11) is 0. The van der Waals surface area contributed by atoms with Crippen LogP contribution in [0.3, 0.4) is 0 Å². The van der Waals surface area contributed by atoms with E-state index in [9.17, 15) is 5.11 Å². The molecule has 0 radical (unpaired) electrons. The molecule has 0 unspecified atom stereocenters. The van der Waals surface area contributed by atoms with Crippen molar-refractivity contribution >= 4 is 0 Å². The van der Waals surface area contributed by atoms with Gasteiger partial charge in [-0.1, -0.05) is 6.07 Å². The van der Waals surface area contributed by atoms with Gasteiger partial charge in [0.25, 0.3) is 0 Å². The van der Waals surface area contributed by atoms with E-state index in [2.05, 4.69) is 46.3 Å². The molecule has 6 heteroatoms. The third kappa shape index (κ3) is 3.85. The third-order valence-electron chi connectivity index (χ3n) is 2.76. The first-order chi connectivity index (χ1) is 9.35. The maximum absolute atomic E-state index is 10.2. The average molecular weight is 275 g/mol. The Morgan fingerprint density at radius 2 is 2.05 bits per heavy atom. The first-order valence-corrected chi connectivity index (χ1v) is 6.64. The first kappa shape index (κ1) is 14.6. The Morgan fingerprint density at radius 3 is 2.65 bits per heavy atom. The smallest absolute Gasteiger partial charge is 0.199 e. The van der Waals surface area contributed by atoms with E-state index in [1.807, 2.05) is 19.1 Å². The molecule has 0 aliphatic heterocycles. The topological polar surface area (TPSA) is 86.7 Å². The summed E-state index contributed by atoms with van der Waals surface area (Å²) in [5.41, 5.74) is 1.22. The number of aromatic amines is 1. The van der Waals surface area contributed by atoms with Crippen LogP contribution in [0.4, 0.5) is 0 Å². The molecule has 0 spiro atoms. The first-order valence-electron chi connectivity index (χ1n) is 6.64. The van der Waals surface area contributed by atoms with Crippen molar-refractivity contribution in [1.29, 1.82) is 0 Å². The van der Waals surface area contributed by atoms with Gasteiger partial charge < -0.3 is 10.4 Å². The highest BCUT2D eigenvalue weighted by atomic mass is 16.3. The summed E-state index contributed by atoms with van der Waals surface area (Å²) in [6.45, 7) is 8.45. The summed E-state index contributed by atoms with van der Waals surface area (Å²) in [5, 5.41) is 20.3. The Bertz CT molecular complexity index is 573. The summed E-state index contributed by atoms with van der Waals surface area (Å²) in [6, 6.07) is 5.48. The quantitative estimate of drug-likeness (QED) is 0.789. The molecule has 0 fully saturated rings. The monoisotopic (exact) mass is 275 g/mol. The van der Waals surface area contributed by atoms with E-state index < -0.39 is 6.10 Å². The fourth-order valence-corrected chi connectivity index (χ4v) is 1.73. The molecule has 2 heterocycles. The van der Waals surface area contributed by atoms with Gasteiger partial charge in [-0.25, -0.2) is 9.97 Å². The molecule has 2 rings (SSSR count). The van der Waals surface area contributed by atoms with Crippen LogP contribution in [0.2, 0.25) is 0 Å². The highest BCUT2D eigenvalue weighted by molar-refractivity contribution is 5.48. The van der Waals surface area contributed by atoms with Gasteiger partial charge in [-0.05, 0) is 39.8 Å². The van der Waals surface area contributed by atoms with Gasteiger partial charge in [-0.15, -0.1) is 0 Å². The van der Waals surface area contributed by atoms with E-state index in [1.165, 1.54) is 0 Å². The Morgan fingerprint density at radius 1 is 1.30 bits per heavy atom. The molecular weight excluding hydrogens is 254 g/mol. The predicted octanol–water partition coefficient (Wildman–Crippen LogP) is 1.60. The molecule has 0 aliphatic rings. The van der Waals surface area contributed by atoms with Crippen molar-refractivity contribution in [3.05, 3.63) is 29.7 Å². The highest BCUT2D eigenvalue weighted by Crippen LogP contribution is 2.16. The summed E-state index contributed by atoms with van der Waals surface area (Å²) in [4.78, 5) is 8.66. The number of pyridine rings is 1. The zero-order valence-corrected chi connectivity index (χ0v) is 12.3. The number of aliphatic hydroxyl groups is 1. The van der Waals surface area contributed by atoms with Crippen LogP contribution in [0.25, 0.3) is 11.5 Å². The Balaban J connectivity index is 2.13. The van der Waals surface area contributed by atoms with Crippen LogP contribution >= 0.6 is 0 Å². The summed E-state index contributed by atoms with van der Waals surface area (Å²) in [6.07, 6.45) is -0.658. The van der Waals surface area contributed by atoms with Crippen LogP contribution < -0.4 is 5.32 Å². The molecule has 20 heavy (non-hydrogen) atoms. The van der Waals surface area contributed by atoms with E-state index in [-0.39, 0.29) is 5.54 Å². The van der Waals surface area contributed by atoms with Crippen molar-refractivity contribution in [2.45, 2.75) is 39.3 Å². The highest BCUT2D eigenvalue weighted by Gasteiger charge is 2.15. The van der Waals surface area contributed by atoms with E-state index in [1.54, 1.807) is 6.07 Å². The largest absolute Gasteiger partial charge is 0.385 e. The number of aryl methyl sites for hydroxylation is 1. The molecule has 108 valence electrons. The van der Waals surface area contributed by atoms with E-state index >= 15 is 0 Å². The van der Waals surface area contributed by atoms with E-state index in [0.29, 0.717) is 23.8 Å². The normalized spacial score (nSPS) is 13.4. The van der Waals surface area contributed by atoms with Gasteiger partial charge in [-0.2, -0.15) is 5.10 Å². The number of rotatable bonds is 4. The summed E-state index contributed by atoms with van der Waals surface area (Å²) >= 11 is 0. The molecule has 0 saturated carbocycles. The molecule has 2 aromatic rings. The number of aromatic nitrogens is 4. The van der Waals surface area contributed by atoms with Crippen molar-refractivity contribution in [3.8, 4) is 11.5 Å². The summed E-state index contributed by atoms with van der Waals surface area (Å²) in [5.74, 6) is 1.28. The van der Waals surface area contributed by atoms with Gasteiger partial charge >= 0.3 is 0 Å². The number of hydrogen-bond acceptors (Lipinski definition) is 5. The van der Waals surface area contributed by atoms with Crippen LogP contribution in [-0.2, 0) is 0 Å². The molecule has 1 atom stereocenters. The SMILES string of the molecule is Cc1nc(-c2cccc([C@@H](O)CNC(C)(C)C)n2)n[nH]1. The number of nitrogens with zero attached hydrogens (tertiary/aromatic N) is 3. The minimum Gasteiger partial charge on any atom is -0.385 e. The van der Waals surface area contributed by atoms with Gasteiger partial charge in [0.2, 0.25) is 0 Å². The molecule has 0 saturated heterocycles. The van der Waals surface area contributed by atoms with Crippen LogP contribution in [0, 0.1) is 6.92 Å². The Hall–Kier alpha value is -1.79. The molecule has 3 N–H and O–H groups in total. The second-order valence-electron chi connectivity index (χ2n) is 5.84. The van der Waals surface area contributed by atoms with Gasteiger partial charge in [0.1, 0.15) is 17.6 Å².